The number of hydrogen-bond acceptors (Lipinski definition) is 6. The number of benzene rings is 3. The van der Waals surface area contributed by atoms with E-state index < -0.39 is 0 Å². The fraction of sp³-hybridized carbons (Fsp3) is 0.167. The Labute approximate surface area is 190 Å². The van der Waals surface area contributed by atoms with Crippen molar-refractivity contribution in [1.82, 2.24) is 14.8 Å². The molecule has 4 aromatic rings. The van der Waals surface area contributed by atoms with Gasteiger partial charge in [-0.05, 0) is 54.1 Å². The standard InChI is InChI=1S/C24H22FN3O3S/c1-29-20-10-8-19(9-11-20)28-23(17-12-21(30-2)14-22(13-17)31-3)26-27-24(28)32-15-16-4-6-18(25)7-5-16/h4-14H,15H2,1-3H3. The normalized spacial score (nSPS) is 10.8. The number of methoxy groups -OCH3 is 3. The summed E-state index contributed by atoms with van der Waals surface area (Å²) in [6.07, 6.45) is 0. The van der Waals surface area contributed by atoms with Crippen LogP contribution in [0.4, 0.5) is 4.39 Å². The van der Waals surface area contributed by atoms with Crippen LogP contribution in [0.2, 0.25) is 0 Å². The lowest BCUT2D eigenvalue weighted by molar-refractivity contribution is 0.394. The van der Waals surface area contributed by atoms with Crippen molar-refractivity contribution < 1.29 is 18.6 Å². The van der Waals surface area contributed by atoms with Crippen molar-refractivity contribution in [3.05, 3.63) is 78.1 Å². The summed E-state index contributed by atoms with van der Waals surface area (Å²) in [7, 11) is 4.85. The first-order valence-electron chi connectivity index (χ1n) is 9.82. The SMILES string of the molecule is COc1ccc(-n2c(SCc3ccc(F)cc3)nnc2-c2cc(OC)cc(OC)c2)cc1. The zero-order valence-electron chi connectivity index (χ0n) is 17.9. The van der Waals surface area contributed by atoms with Crippen LogP contribution >= 0.6 is 11.8 Å². The zero-order chi connectivity index (χ0) is 22.5. The molecule has 0 atom stereocenters. The van der Waals surface area contributed by atoms with Crippen molar-refractivity contribution in [1.29, 1.82) is 0 Å². The molecule has 0 aliphatic rings. The molecule has 0 aliphatic heterocycles. The first-order chi connectivity index (χ1) is 15.6. The molecule has 4 rings (SSSR count). The van der Waals surface area contributed by atoms with E-state index in [0.29, 0.717) is 28.2 Å². The van der Waals surface area contributed by atoms with Crippen LogP contribution in [0.5, 0.6) is 17.2 Å². The Kier molecular flexibility index (Phi) is 6.61. The van der Waals surface area contributed by atoms with Gasteiger partial charge in [0.15, 0.2) is 11.0 Å². The number of halogens is 1. The fourth-order valence-corrected chi connectivity index (χ4v) is 4.09. The van der Waals surface area contributed by atoms with Crippen LogP contribution in [0.1, 0.15) is 5.56 Å². The molecule has 164 valence electrons. The molecule has 32 heavy (non-hydrogen) atoms. The number of nitrogens with zero attached hydrogens (tertiary/aromatic N) is 3. The second-order valence-corrected chi connectivity index (χ2v) is 7.80. The average molecular weight is 452 g/mol. The molecule has 1 heterocycles. The van der Waals surface area contributed by atoms with Gasteiger partial charge in [-0.3, -0.25) is 4.57 Å². The van der Waals surface area contributed by atoms with Gasteiger partial charge >= 0.3 is 0 Å². The lowest BCUT2D eigenvalue weighted by Crippen LogP contribution is -2.00. The molecule has 0 N–H and O–H groups in total. The van der Waals surface area contributed by atoms with E-state index in [9.17, 15) is 4.39 Å². The van der Waals surface area contributed by atoms with Crippen molar-refractivity contribution in [2.75, 3.05) is 21.3 Å². The first-order valence-corrected chi connectivity index (χ1v) is 10.8. The number of thioether (sulfide) groups is 1. The second-order valence-electron chi connectivity index (χ2n) is 6.86. The Morgan fingerprint density at radius 3 is 2.00 bits per heavy atom. The molecule has 0 spiro atoms. The molecule has 3 aromatic carbocycles. The summed E-state index contributed by atoms with van der Waals surface area (Å²) >= 11 is 1.52. The van der Waals surface area contributed by atoms with Gasteiger partial charge in [0.1, 0.15) is 23.1 Å². The summed E-state index contributed by atoms with van der Waals surface area (Å²) in [6.45, 7) is 0. The number of ether oxygens (including phenoxy) is 3. The molecule has 8 heteroatoms. The highest BCUT2D eigenvalue weighted by molar-refractivity contribution is 7.98. The van der Waals surface area contributed by atoms with E-state index in [1.54, 1.807) is 33.5 Å². The lowest BCUT2D eigenvalue weighted by atomic mass is 10.1. The highest BCUT2D eigenvalue weighted by Gasteiger charge is 2.18. The van der Waals surface area contributed by atoms with Gasteiger partial charge in [-0.15, -0.1) is 10.2 Å². The van der Waals surface area contributed by atoms with E-state index in [0.717, 1.165) is 22.6 Å². The molecule has 0 saturated heterocycles. The van der Waals surface area contributed by atoms with Gasteiger partial charge in [0.05, 0.1) is 21.3 Å². The smallest absolute Gasteiger partial charge is 0.196 e. The maximum atomic E-state index is 13.2. The van der Waals surface area contributed by atoms with Crippen molar-refractivity contribution in [2.24, 2.45) is 0 Å². The molecular weight excluding hydrogens is 429 g/mol. The van der Waals surface area contributed by atoms with Gasteiger partial charge in [-0.25, -0.2) is 4.39 Å². The molecule has 0 radical (unpaired) electrons. The lowest BCUT2D eigenvalue weighted by Gasteiger charge is -2.13. The van der Waals surface area contributed by atoms with Crippen LogP contribution in [0.25, 0.3) is 17.1 Å². The summed E-state index contributed by atoms with van der Waals surface area (Å²) in [5, 5.41) is 9.62. The van der Waals surface area contributed by atoms with Crippen LogP contribution < -0.4 is 14.2 Å². The van der Waals surface area contributed by atoms with Crippen LogP contribution in [0.15, 0.2) is 71.9 Å². The maximum absolute atomic E-state index is 13.2. The van der Waals surface area contributed by atoms with Gasteiger partial charge in [-0.2, -0.15) is 0 Å². The fourth-order valence-electron chi connectivity index (χ4n) is 3.18. The number of hydrogen-bond donors (Lipinski definition) is 0. The predicted octanol–water partition coefficient (Wildman–Crippen LogP) is 5.39. The third-order valence-corrected chi connectivity index (χ3v) is 5.85. The van der Waals surface area contributed by atoms with Crippen molar-refractivity contribution in [2.45, 2.75) is 10.9 Å². The first kappa shape index (κ1) is 21.7. The average Bonchev–Trinajstić information content (AvgIpc) is 3.27. The summed E-state index contributed by atoms with van der Waals surface area (Å²) in [5.41, 5.74) is 2.68. The van der Waals surface area contributed by atoms with Crippen molar-refractivity contribution >= 4 is 11.8 Å². The third-order valence-electron chi connectivity index (χ3n) is 4.85. The largest absolute Gasteiger partial charge is 0.497 e. The van der Waals surface area contributed by atoms with E-state index in [2.05, 4.69) is 10.2 Å². The number of rotatable bonds is 8. The summed E-state index contributed by atoms with van der Waals surface area (Å²) < 4.78 is 31.4. The highest BCUT2D eigenvalue weighted by atomic mass is 32.2. The van der Waals surface area contributed by atoms with E-state index in [1.165, 1.54) is 23.9 Å². The Bertz CT molecular complexity index is 1170. The minimum absolute atomic E-state index is 0.255. The molecule has 1 aromatic heterocycles. The Hall–Kier alpha value is -3.52. The molecule has 0 fully saturated rings. The quantitative estimate of drug-likeness (QED) is 0.335. The van der Waals surface area contributed by atoms with E-state index in [1.807, 2.05) is 47.0 Å². The van der Waals surface area contributed by atoms with Crippen LogP contribution in [-0.4, -0.2) is 36.1 Å². The topological polar surface area (TPSA) is 58.4 Å². The molecule has 0 saturated carbocycles. The van der Waals surface area contributed by atoms with Gasteiger partial charge < -0.3 is 14.2 Å². The maximum Gasteiger partial charge on any atom is 0.196 e. The zero-order valence-corrected chi connectivity index (χ0v) is 18.7. The third kappa shape index (κ3) is 4.70. The van der Waals surface area contributed by atoms with E-state index in [4.69, 9.17) is 14.2 Å². The molecule has 0 bridgehead atoms. The van der Waals surface area contributed by atoms with Gasteiger partial charge in [0.2, 0.25) is 0 Å². The monoisotopic (exact) mass is 451 g/mol. The Balaban J connectivity index is 1.77. The highest BCUT2D eigenvalue weighted by Crippen LogP contribution is 2.34. The van der Waals surface area contributed by atoms with Gasteiger partial charge in [0.25, 0.3) is 0 Å². The molecule has 0 unspecified atom stereocenters. The summed E-state index contributed by atoms with van der Waals surface area (Å²) in [6, 6.07) is 19.7. The molecular formula is C24H22FN3O3S. The minimum Gasteiger partial charge on any atom is -0.497 e. The van der Waals surface area contributed by atoms with Crippen molar-refractivity contribution in [3.8, 4) is 34.3 Å². The predicted molar refractivity (Wildman–Crippen MR) is 122 cm³/mol. The second kappa shape index (κ2) is 9.74. The minimum atomic E-state index is -0.255. The van der Waals surface area contributed by atoms with Gasteiger partial charge in [0, 0.05) is 23.1 Å². The van der Waals surface area contributed by atoms with E-state index in [-0.39, 0.29) is 5.82 Å². The van der Waals surface area contributed by atoms with E-state index >= 15 is 0 Å². The van der Waals surface area contributed by atoms with Crippen LogP contribution in [0.3, 0.4) is 0 Å². The molecule has 6 nitrogen and oxygen atoms in total. The Morgan fingerprint density at radius 2 is 1.41 bits per heavy atom. The summed E-state index contributed by atoms with van der Waals surface area (Å²) in [5.74, 6) is 3.08. The number of aromatic nitrogens is 3. The van der Waals surface area contributed by atoms with Crippen LogP contribution in [-0.2, 0) is 5.75 Å². The van der Waals surface area contributed by atoms with Gasteiger partial charge in [-0.1, -0.05) is 23.9 Å². The molecule has 0 amide bonds. The van der Waals surface area contributed by atoms with Crippen molar-refractivity contribution in [3.63, 3.8) is 0 Å². The molecule has 0 aliphatic carbocycles. The Morgan fingerprint density at radius 1 is 0.781 bits per heavy atom. The van der Waals surface area contributed by atoms with Crippen LogP contribution in [0, 0.1) is 5.82 Å². The summed E-state index contributed by atoms with van der Waals surface area (Å²) in [4.78, 5) is 0.